The van der Waals surface area contributed by atoms with E-state index in [1.807, 2.05) is 42.5 Å². The molecule has 25 heavy (non-hydrogen) atoms. The largest absolute Gasteiger partial charge is 0.457 e. The highest BCUT2D eigenvalue weighted by Gasteiger charge is 2.30. The fourth-order valence-corrected chi connectivity index (χ4v) is 3.54. The van der Waals surface area contributed by atoms with Gasteiger partial charge in [-0.2, -0.15) is 0 Å². The van der Waals surface area contributed by atoms with E-state index in [4.69, 9.17) is 10.5 Å². The number of esters is 1. The maximum absolute atomic E-state index is 12.2. The first-order valence-corrected chi connectivity index (χ1v) is 8.75. The van der Waals surface area contributed by atoms with Crippen LogP contribution in [0.15, 0.2) is 54.6 Å². The van der Waals surface area contributed by atoms with Gasteiger partial charge in [0.05, 0.1) is 5.56 Å². The molecule has 1 amide bonds. The van der Waals surface area contributed by atoms with Crippen molar-refractivity contribution in [1.29, 1.82) is 0 Å². The number of hydrogen-bond donors (Lipinski definition) is 1. The van der Waals surface area contributed by atoms with Gasteiger partial charge < -0.3 is 10.5 Å². The summed E-state index contributed by atoms with van der Waals surface area (Å²) >= 11 is 0. The SMILES string of the molecule is NC(=O)C1CCCCC1c1ccc(C(=O)OCc2ccccc2)cc1. The molecule has 130 valence electrons. The average Bonchev–Trinajstić information content (AvgIpc) is 2.67. The number of ether oxygens (including phenoxy) is 1. The van der Waals surface area contributed by atoms with Crippen molar-refractivity contribution in [3.63, 3.8) is 0 Å². The smallest absolute Gasteiger partial charge is 0.338 e. The van der Waals surface area contributed by atoms with E-state index >= 15 is 0 Å². The molecule has 2 aromatic carbocycles. The number of benzene rings is 2. The minimum Gasteiger partial charge on any atom is -0.457 e. The highest BCUT2D eigenvalue weighted by Crippen LogP contribution is 2.37. The van der Waals surface area contributed by atoms with Crippen LogP contribution < -0.4 is 5.73 Å². The van der Waals surface area contributed by atoms with E-state index in [-0.39, 0.29) is 30.3 Å². The molecule has 0 bridgehead atoms. The second kappa shape index (κ2) is 7.97. The Bertz CT molecular complexity index is 725. The van der Waals surface area contributed by atoms with E-state index in [1.165, 1.54) is 0 Å². The van der Waals surface area contributed by atoms with Crippen LogP contribution in [0.3, 0.4) is 0 Å². The predicted octanol–water partition coefficient (Wildman–Crippen LogP) is 3.80. The molecule has 2 unspecified atom stereocenters. The van der Waals surface area contributed by atoms with Crippen molar-refractivity contribution in [2.24, 2.45) is 11.7 Å². The van der Waals surface area contributed by atoms with Crippen molar-refractivity contribution in [2.75, 3.05) is 0 Å². The molecule has 4 nitrogen and oxygen atoms in total. The molecule has 0 saturated heterocycles. The number of amides is 1. The number of primary amides is 1. The molecule has 1 aliphatic carbocycles. The Morgan fingerprint density at radius 1 is 0.960 bits per heavy atom. The predicted molar refractivity (Wildman–Crippen MR) is 95.9 cm³/mol. The van der Waals surface area contributed by atoms with Gasteiger partial charge in [-0.1, -0.05) is 55.3 Å². The number of nitrogens with two attached hydrogens (primary N) is 1. The summed E-state index contributed by atoms with van der Waals surface area (Å²) in [5.74, 6) is -0.521. The van der Waals surface area contributed by atoms with E-state index in [1.54, 1.807) is 12.1 Å². The standard InChI is InChI=1S/C21H23NO3/c22-20(23)19-9-5-4-8-18(19)16-10-12-17(13-11-16)21(24)25-14-15-6-2-1-3-7-15/h1-3,6-7,10-13,18-19H,4-5,8-9,14H2,(H2,22,23). The third kappa shape index (κ3) is 4.27. The summed E-state index contributed by atoms with van der Waals surface area (Å²) in [5, 5.41) is 0. The van der Waals surface area contributed by atoms with Crippen molar-refractivity contribution >= 4 is 11.9 Å². The molecule has 0 aliphatic heterocycles. The van der Waals surface area contributed by atoms with Gasteiger partial charge in [-0.25, -0.2) is 4.79 Å². The van der Waals surface area contributed by atoms with Gasteiger partial charge in [0.15, 0.2) is 0 Å². The zero-order valence-corrected chi connectivity index (χ0v) is 14.2. The Labute approximate surface area is 148 Å². The second-order valence-corrected chi connectivity index (χ2v) is 6.58. The van der Waals surface area contributed by atoms with Gasteiger partial charge in [0.2, 0.25) is 5.91 Å². The van der Waals surface area contributed by atoms with Gasteiger partial charge in [0.1, 0.15) is 6.61 Å². The summed E-state index contributed by atoms with van der Waals surface area (Å²) in [6, 6.07) is 17.0. The molecule has 2 aromatic rings. The maximum Gasteiger partial charge on any atom is 0.338 e. The van der Waals surface area contributed by atoms with E-state index in [0.29, 0.717) is 5.56 Å². The van der Waals surface area contributed by atoms with Crippen molar-refractivity contribution in [1.82, 2.24) is 0 Å². The molecular weight excluding hydrogens is 314 g/mol. The van der Waals surface area contributed by atoms with E-state index in [0.717, 1.165) is 36.8 Å². The molecule has 0 spiro atoms. The van der Waals surface area contributed by atoms with Crippen LogP contribution in [0.1, 0.15) is 53.1 Å². The van der Waals surface area contributed by atoms with Gasteiger partial charge >= 0.3 is 5.97 Å². The maximum atomic E-state index is 12.2. The first-order valence-electron chi connectivity index (χ1n) is 8.75. The lowest BCUT2D eigenvalue weighted by molar-refractivity contribution is -0.123. The van der Waals surface area contributed by atoms with Gasteiger partial charge in [-0.15, -0.1) is 0 Å². The fourth-order valence-electron chi connectivity index (χ4n) is 3.54. The van der Waals surface area contributed by atoms with Crippen molar-refractivity contribution in [2.45, 2.75) is 38.2 Å². The Hall–Kier alpha value is -2.62. The molecule has 2 atom stereocenters. The van der Waals surface area contributed by atoms with Crippen LogP contribution in [-0.2, 0) is 16.1 Å². The minimum atomic E-state index is -0.342. The molecular formula is C21H23NO3. The van der Waals surface area contributed by atoms with Crippen LogP contribution >= 0.6 is 0 Å². The molecule has 1 fully saturated rings. The molecule has 0 heterocycles. The van der Waals surface area contributed by atoms with Gasteiger partial charge in [0.25, 0.3) is 0 Å². The summed E-state index contributed by atoms with van der Waals surface area (Å²) < 4.78 is 5.35. The van der Waals surface area contributed by atoms with Crippen LogP contribution in [-0.4, -0.2) is 11.9 Å². The normalized spacial score (nSPS) is 20.0. The minimum absolute atomic E-state index is 0.107. The van der Waals surface area contributed by atoms with Gasteiger partial charge in [-0.3, -0.25) is 4.79 Å². The first kappa shape index (κ1) is 17.2. The molecule has 3 rings (SSSR count). The van der Waals surface area contributed by atoms with Crippen molar-refractivity contribution < 1.29 is 14.3 Å². The average molecular weight is 337 g/mol. The van der Waals surface area contributed by atoms with Crippen LogP contribution in [0, 0.1) is 5.92 Å². The number of carbonyl (C=O) groups excluding carboxylic acids is 2. The summed E-state index contributed by atoms with van der Waals surface area (Å²) in [7, 11) is 0. The lowest BCUT2D eigenvalue weighted by Gasteiger charge is -2.29. The fraction of sp³-hybridized carbons (Fsp3) is 0.333. The zero-order chi connectivity index (χ0) is 17.6. The van der Waals surface area contributed by atoms with E-state index in [9.17, 15) is 9.59 Å². The molecule has 4 heteroatoms. The Kier molecular flexibility index (Phi) is 5.49. The van der Waals surface area contributed by atoms with Gasteiger partial charge in [0, 0.05) is 5.92 Å². The van der Waals surface area contributed by atoms with Crippen LogP contribution in [0.4, 0.5) is 0 Å². The van der Waals surface area contributed by atoms with Gasteiger partial charge in [-0.05, 0) is 42.0 Å². The Morgan fingerprint density at radius 2 is 1.64 bits per heavy atom. The number of carbonyl (C=O) groups is 2. The molecule has 1 saturated carbocycles. The monoisotopic (exact) mass is 337 g/mol. The third-order valence-corrected chi connectivity index (χ3v) is 4.92. The van der Waals surface area contributed by atoms with Crippen LogP contribution in [0.2, 0.25) is 0 Å². The van der Waals surface area contributed by atoms with E-state index < -0.39 is 0 Å². The Morgan fingerprint density at radius 3 is 2.32 bits per heavy atom. The third-order valence-electron chi connectivity index (χ3n) is 4.92. The molecule has 0 radical (unpaired) electrons. The highest BCUT2D eigenvalue weighted by atomic mass is 16.5. The lowest BCUT2D eigenvalue weighted by atomic mass is 9.75. The quantitative estimate of drug-likeness (QED) is 0.844. The summed E-state index contributed by atoms with van der Waals surface area (Å²) in [6.45, 7) is 0.258. The number of rotatable bonds is 5. The first-order chi connectivity index (χ1) is 12.1. The molecule has 0 aromatic heterocycles. The summed E-state index contributed by atoms with van der Waals surface area (Å²) in [6.07, 6.45) is 3.97. The van der Waals surface area contributed by atoms with Crippen LogP contribution in [0.25, 0.3) is 0 Å². The lowest BCUT2D eigenvalue weighted by Crippen LogP contribution is -2.31. The Balaban J connectivity index is 1.65. The van der Waals surface area contributed by atoms with Crippen molar-refractivity contribution in [3.05, 3.63) is 71.3 Å². The van der Waals surface area contributed by atoms with Crippen LogP contribution in [0.5, 0.6) is 0 Å². The highest BCUT2D eigenvalue weighted by molar-refractivity contribution is 5.89. The van der Waals surface area contributed by atoms with E-state index in [2.05, 4.69) is 0 Å². The molecule has 1 aliphatic rings. The number of hydrogen-bond acceptors (Lipinski definition) is 3. The summed E-state index contributed by atoms with van der Waals surface area (Å²) in [5.41, 5.74) is 8.10. The van der Waals surface area contributed by atoms with Crippen molar-refractivity contribution in [3.8, 4) is 0 Å². The second-order valence-electron chi connectivity index (χ2n) is 6.58. The molecule has 2 N–H and O–H groups in total. The topological polar surface area (TPSA) is 69.4 Å². The zero-order valence-electron chi connectivity index (χ0n) is 14.2. The summed E-state index contributed by atoms with van der Waals surface area (Å²) in [4.78, 5) is 23.9.